The van der Waals surface area contributed by atoms with E-state index in [1.165, 1.54) is 4.31 Å². The third kappa shape index (κ3) is 6.89. The number of nitrogens with zero attached hydrogens (tertiary/aromatic N) is 3. The van der Waals surface area contributed by atoms with Crippen molar-refractivity contribution in [3.63, 3.8) is 0 Å². The van der Waals surface area contributed by atoms with Gasteiger partial charge in [-0.25, -0.2) is 21.8 Å². The number of rotatable bonds is 8. The topological polar surface area (TPSA) is 121 Å². The first kappa shape index (κ1) is 28.0. The van der Waals surface area contributed by atoms with Gasteiger partial charge in [-0.3, -0.25) is 0 Å². The highest BCUT2D eigenvalue weighted by Gasteiger charge is 2.26. The van der Waals surface area contributed by atoms with Crippen LogP contribution in [0.1, 0.15) is 45.6 Å². The third-order valence-electron chi connectivity index (χ3n) is 6.09. The molecule has 38 heavy (non-hydrogen) atoms. The fraction of sp³-hybridized carbons (Fsp3) is 0.407. The van der Waals surface area contributed by atoms with E-state index in [0.29, 0.717) is 30.3 Å². The van der Waals surface area contributed by atoms with Crippen LogP contribution in [0.15, 0.2) is 64.5 Å². The second kappa shape index (κ2) is 11.0. The maximum atomic E-state index is 13.1. The smallest absolute Gasteiger partial charge is 0.243 e. The van der Waals surface area contributed by atoms with Crippen LogP contribution in [0.2, 0.25) is 0 Å². The standard InChI is InChI=1S/C27H35N5O4S2/c1-20-18-28-26(30-22-11-9-13-24(17-22)38(35,36)32-14-6-5-7-15-32)31-25(20)29-21-10-8-12-23(16-21)37(33,34)19-27(2,3)4/h8-13,16-18H,5-7,14-15,19H2,1-4H3,(H2,28,29,30,31). The van der Waals surface area contributed by atoms with Gasteiger partial charge in [-0.15, -0.1) is 0 Å². The van der Waals surface area contributed by atoms with Crippen LogP contribution in [0, 0.1) is 12.3 Å². The van der Waals surface area contributed by atoms with E-state index < -0.39 is 19.9 Å². The van der Waals surface area contributed by atoms with Crippen molar-refractivity contribution in [2.45, 2.75) is 56.7 Å². The van der Waals surface area contributed by atoms with Crippen LogP contribution in [0.5, 0.6) is 0 Å². The van der Waals surface area contributed by atoms with Crippen molar-refractivity contribution < 1.29 is 16.8 Å². The predicted octanol–water partition coefficient (Wildman–Crippen LogP) is 5.27. The van der Waals surface area contributed by atoms with Crippen molar-refractivity contribution in [3.05, 3.63) is 60.3 Å². The number of anilines is 4. The lowest BCUT2D eigenvalue weighted by atomic mass is 10.0. The molecule has 204 valence electrons. The molecule has 3 aromatic rings. The zero-order valence-corrected chi connectivity index (χ0v) is 23.9. The Morgan fingerprint density at radius 3 is 2.13 bits per heavy atom. The van der Waals surface area contributed by atoms with E-state index in [9.17, 15) is 16.8 Å². The molecule has 1 aliphatic rings. The molecule has 11 heteroatoms. The van der Waals surface area contributed by atoms with Crippen molar-refractivity contribution in [2.75, 3.05) is 29.5 Å². The van der Waals surface area contributed by atoms with Gasteiger partial charge in [0.1, 0.15) is 5.82 Å². The minimum absolute atomic E-state index is 0.0383. The van der Waals surface area contributed by atoms with E-state index in [0.717, 1.165) is 24.8 Å². The summed E-state index contributed by atoms with van der Waals surface area (Å²) in [6.45, 7) is 8.60. The molecule has 4 rings (SSSR count). The SMILES string of the molecule is Cc1cnc(Nc2cccc(S(=O)(=O)N3CCCCC3)c2)nc1Nc1cccc(S(=O)(=O)CC(C)(C)C)c1. The summed E-state index contributed by atoms with van der Waals surface area (Å²) in [5.41, 5.74) is 1.53. The number of aryl methyl sites for hydroxylation is 1. The van der Waals surface area contributed by atoms with Gasteiger partial charge in [-0.05, 0) is 61.6 Å². The zero-order chi connectivity index (χ0) is 27.6. The van der Waals surface area contributed by atoms with Crippen molar-refractivity contribution in [1.29, 1.82) is 0 Å². The Balaban J connectivity index is 1.54. The highest BCUT2D eigenvalue weighted by molar-refractivity contribution is 7.91. The van der Waals surface area contributed by atoms with Gasteiger partial charge in [-0.1, -0.05) is 39.3 Å². The predicted molar refractivity (Wildman–Crippen MR) is 150 cm³/mol. The molecule has 1 aromatic heterocycles. The molecule has 0 bridgehead atoms. The normalized spacial score (nSPS) is 15.3. The number of hydrogen-bond donors (Lipinski definition) is 2. The first-order valence-electron chi connectivity index (χ1n) is 12.6. The monoisotopic (exact) mass is 557 g/mol. The van der Waals surface area contributed by atoms with Crippen LogP contribution >= 0.6 is 0 Å². The summed E-state index contributed by atoms with van der Waals surface area (Å²) in [5.74, 6) is 0.823. The zero-order valence-electron chi connectivity index (χ0n) is 22.2. The number of piperidine rings is 1. The summed E-state index contributed by atoms with van der Waals surface area (Å²) >= 11 is 0. The van der Waals surface area contributed by atoms with E-state index in [2.05, 4.69) is 20.6 Å². The van der Waals surface area contributed by atoms with Crippen molar-refractivity contribution in [3.8, 4) is 0 Å². The fourth-order valence-corrected chi connectivity index (χ4v) is 7.77. The largest absolute Gasteiger partial charge is 0.340 e. The summed E-state index contributed by atoms with van der Waals surface area (Å²) in [4.78, 5) is 9.36. The molecule has 1 aliphatic heterocycles. The van der Waals surface area contributed by atoms with Gasteiger partial charge in [0, 0.05) is 36.2 Å². The Morgan fingerprint density at radius 2 is 1.47 bits per heavy atom. The van der Waals surface area contributed by atoms with Gasteiger partial charge < -0.3 is 10.6 Å². The van der Waals surface area contributed by atoms with E-state index in [1.54, 1.807) is 54.7 Å². The first-order valence-corrected chi connectivity index (χ1v) is 15.7. The Labute approximate surface area is 225 Å². The maximum Gasteiger partial charge on any atom is 0.243 e. The molecular formula is C27H35N5O4S2. The number of aromatic nitrogens is 2. The molecule has 0 amide bonds. The Morgan fingerprint density at radius 1 is 0.868 bits per heavy atom. The van der Waals surface area contributed by atoms with Gasteiger partial charge in [0.15, 0.2) is 9.84 Å². The lowest BCUT2D eigenvalue weighted by molar-refractivity contribution is 0.346. The molecule has 0 unspecified atom stereocenters. The lowest BCUT2D eigenvalue weighted by Crippen LogP contribution is -2.35. The summed E-state index contributed by atoms with van der Waals surface area (Å²) in [6, 6.07) is 13.3. The lowest BCUT2D eigenvalue weighted by Gasteiger charge is -2.26. The molecule has 0 saturated carbocycles. The van der Waals surface area contributed by atoms with Crippen molar-refractivity contribution >= 4 is 43.0 Å². The molecule has 1 fully saturated rings. The highest BCUT2D eigenvalue weighted by atomic mass is 32.2. The molecule has 0 aliphatic carbocycles. The molecule has 0 atom stereocenters. The third-order valence-corrected chi connectivity index (χ3v) is 10.2. The number of nitrogens with one attached hydrogen (secondary N) is 2. The Hall–Kier alpha value is -3.02. The molecule has 0 radical (unpaired) electrons. The minimum atomic E-state index is -3.57. The van der Waals surface area contributed by atoms with Crippen molar-refractivity contribution in [1.82, 2.24) is 14.3 Å². The van der Waals surface area contributed by atoms with E-state index in [1.807, 2.05) is 27.7 Å². The van der Waals surface area contributed by atoms with Gasteiger partial charge in [0.2, 0.25) is 16.0 Å². The molecular weight excluding hydrogens is 522 g/mol. The van der Waals surface area contributed by atoms with Gasteiger partial charge >= 0.3 is 0 Å². The summed E-state index contributed by atoms with van der Waals surface area (Å²) < 4.78 is 53.4. The Bertz CT molecular complexity index is 1510. The van der Waals surface area contributed by atoms with E-state index in [4.69, 9.17) is 0 Å². The van der Waals surface area contributed by atoms with Gasteiger partial charge in [0.05, 0.1) is 15.5 Å². The summed E-state index contributed by atoms with van der Waals surface area (Å²) in [6.07, 6.45) is 4.43. The average Bonchev–Trinajstić information content (AvgIpc) is 2.86. The highest BCUT2D eigenvalue weighted by Crippen LogP contribution is 2.27. The molecule has 2 heterocycles. The van der Waals surface area contributed by atoms with Crippen LogP contribution in [0.3, 0.4) is 0 Å². The first-order chi connectivity index (χ1) is 17.8. The minimum Gasteiger partial charge on any atom is -0.340 e. The van der Waals surface area contributed by atoms with Crippen LogP contribution in [-0.2, 0) is 19.9 Å². The molecule has 2 N–H and O–H groups in total. The number of sulfone groups is 1. The molecule has 1 saturated heterocycles. The molecule has 0 spiro atoms. The molecule has 9 nitrogen and oxygen atoms in total. The average molecular weight is 558 g/mol. The van der Waals surface area contributed by atoms with Crippen LogP contribution < -0.4 is 10.6 Å². The van der Waals surface area contributed by atoms with Crippen LogP contribution in [0.25, 0.3) is 0 Å². The van der Waals surface area contributed by atoms with E-state index in [-0.39, 0.29) is 26.9 Å². The summed E-state index contributed by atoms with van der Waals surface area (Å²) in [5, 5.41) is 6.29. The molecule has 2 aromatic carbocycles. The number of hydrogen-bond acceptors (Lipinski definition) is 8. The second-order valence-corrected chi connectivity index (χ2v) is 14.7. The van der Waals surface area contributed by atoms with Gasteiger partial charge in [0.25, 0.3) is 0 Å². The summed E-state index contributed by atoms with van der Waals surface area (Å²) in [7, 11) is -7.02. The number of benzene rings is 2. The Kier molecular flexibility index (Phi) is 8.10. The van der Waals surface area contributed by atoms with Crippen molar-refractivity contribution in [2.24, 2.45) is 5.41 Å². The van der Waals surface area contributed by atoms with Gasteiger partial charge in [-0.2, -0.15) is 9.29 Å². The van der Waals surface area contributed by atoms with Crippen LogP contribution in [-0.4, -0.2) is 50.0 Å². The quantitative estimate of drug-likeness (QED) is 0.384. The fourth-order valence-electron chi connectivity index (χ4n) is 4.30. The number of sulfonamides is 1. The second-order valence-electron chi connectivity index (χ2n) is 10.8. The maximum absolute atomic E-state index is 13.1. The van der Waals surface area contributed by atoms with Crippen LogP contribution in [0.4, 0.5) is 23.1 Å². The van der Waals surface area contributed by atoms with E-state index >= 15 is 0 Å².